The van der Waals surface area contributed by atoms with Crippen molar-refractivity contribution in [2.45, 2.75) is 31.6 Å². The molecule has 5 nitrogen and oxygen atoms in total. The van der Waals surface area contributed by atoms with Gasteiger partial charge in [0.2, 0.25) is 0 Å². The minimum Gasteiger partial charge on any atom is -0.497 e. The molecular weight excluding hydrogens is 422 g/mol. The number of aromatic nitrogens is 1. The van der Waals surface area contributed by atoms with Gasteiger partial charge in [0.15, 0.2) is 0 Å². The monoisotopic (exact) mass is 447 g/mol. The summed E-state index contributed by atoms with van der Waals surface area (Å²) in [6.07, 6.45) is 0.569. The maximum absolute atomic E-state index is 13.8. The number of methoxy groups -OCH3 is 1. The van der Waals surface area contributed by atoms with Crippen LogP contribution in [0.4, 0.5) is 0 Å². The van der Waals surface area contributed by atoms with Gasteiger partial charge in [-0.15, -0.1) is 0 Å². The zero-order valence-corrected chi connectivity index (χ0v) is 19.1. The number of nitrogens with zero attached hydrogens (tertiary/aromatic N) is 1. The molecule has 0 unspecified atom stereocenters. The summed E-state index contributed by atoms with van der Waals surface area (Å²) < 4.78 is 34.4. The summed E-state index contributed by atoms with van der Waals surface area (Å²) in [6, 6.07) is 21.8. The number of para-hydroxylation sites is 1. The number of ether oxygens (including phenoxy) is 1. The number of benzene rings is 3. The Bertz CT molecular complexity index is 1380. The molecule has 0 radical (unpaired) electrons. The van der Waals surface area contributed by atoms with E-state index in [1.807, 2.05) is 55.5 Å². The summed E-state index contributed by atoms with van der Waals surface area (Å²) in [6.45, 7) is 3.44. The Morgan fingerprint density at radius 2 is 1.59 bits per heavy atom. The third kappa shape index (κ3) is 3.94. The molecule has 0 spiro atoms. The summed E-state index contributed by atoms with van der Waals surface area (Å²) in [5.74, 6) is 0.727. The molecule has 6 heteroatoms. The second-order valence-corrected chi connectivity index (χ2v) is 9.64. The standard InChI is InChI=1S/C26H25NO4S/c1-18-8-15-22(16-9-18)32(29,30)27-24-7-5-4-6-23(24)26(25(27)17-10-19(2)28)20-11-13-21(31-3)14-12-20/h4-9,11-16H,10,17H2,1-3H3. The van der Waals surface area contributed by atoms with Gasteiger partial charge in [0.05, 0.1) is 17.5 Å². The van der Waals surface area contributed by atoms with E-state index in [0.29, 0.717) is 17.6 Å². The fraction of sp³-hybridized carbons (Fsp3) is 0.192. The molecule has 0 saturated heterocycles. The van der Waals surface area contributed by atoms with Gasteiger partial charge in [0.25, 0.3) is 10.0 Å². The van der Waals surface area contributed by atoms with Crippen molar-refractivity contribution in [2.24, 2.45) is 0 Å². The molecular formula is C26H25NO4S. The van der Waals surface area contributed by atoms with E-state index in [4.69, 9.17) is 4.74 Å². The highest BCUT2D eigenvalue weighted by Crippen LogP contribution is 2.38. The van der Waals surface area contributed by atoms with Crippen LogP contribution in [0.1, 0.15) is 24.6 Å². The summed E-state index contributed by atoms with van der Waals surface area (Å²) in [7, 11) is -2.28. The average molecular weight is 448 g/mol. The summed E-state index contributed by atoms with van der Waals surface area (Å²) in [5.41, 5.74) is 3.88. The molecule has 4 rings (SSSR count). The number of hydrogen-bond donors (Lipinski definition) is 0. The van der Waals surface area contributed by atoms with Crippen molar-refractivity contribution in [1.82, 2.24) is 3.97 Å². The molecule has 0 fully saturated rings. The molecule has 0 aliphatic rings. The van der Waals surface area contributed by atoms with Gasteiger partial charge in [0.1, 0.15) is 11.5 Å². The largest absolute Gasteiger partial charge is 0.497 e. The highest BCUT2D eigenvalue weighted by Gasteiger charge is 2.27. The van der Waals surface area contributed by atoms with Crippen LogP contribution in [0.15, 0.2) is 77.7 Å². The lowest BCUT2D eigenvalue weighted by molar-refractivity contribution is -0.117. The van der Waals surface area contributed by atoms with Crippen molar-refractivity contribution in [2.75, 3.05) is 7.11 Å². The van der Waals surface area contributed by atoms with Crippen LogP contribution in [-0.4, -0.2) is 25.3 Å². The minimum absolute atomic E-state index is 0.00946. The second kappa shape index (κ2) is 8.63. The predicted octanol–water partition coefficient (Wildman–Crippen LogP) is 5.38. The summed E-state index contributed by atoms with van der Waals surface area (Å²) >= 11 is 0. The topological polar surface area (TPSA) is 65.4 Å². The van der Waals surface area contributed by atoms with E-state index in [0.717, 1.165) is 27.8 Å². The number of rotatable bonds is 7. The van der Waals surface area contributed by atoms with Gasteiger partial charge in [-0.3, -0.25) is 0 Å². The van der Waals surface area contributed by atoms with Gasteiger partial charge >= 0.3 is 0 Å². The number of hydrogen-bond acceptors (Lipinski definition) is 4. The van der Waals surface area contributed by atoms with E-state index < -0.39 is 10.0 Å². The fourth-order valence-electron chi connectivity index (χ4n) is 3.96. The van der Waals surface area contributed by atoms with Crippen LogP contribution in [0.3, 0.4) is 0 Å². The lowest BCUT2D eigenvalue weighted by atomic mass is 9.99. The first-order chi connectivity index (χ1) is 15.3. The van der Waals surface area contributed by atoms with Gasteiger partial charge in [-0.25, -0.2) is 12.4 Å². The van der Waals surface area contributed by atoms with Crippen molar-refractivity contribution in [3.8, 4) is 16.9 Å². The van der Waals surface area contributed by atoms with Gasteiger partial charge in [-0.2, -0.15) is 0 Å². The quantitative estimate of drug-likeness (QED) is 0.381. The zero-order chi connectivity index (χ0) is 22.9. The molecule has 0 saturated carbocycles. The lowest BCUT2D eigenvalue weighted by Crippen LogP contribution is -2.16. The smallest absolute Gasteiger partial charge is 0.268 e. The van der Waals surface area contributed by atoms with E-state index in [9.17, 15) is 13.2 Å². The maximum atomic E-state index is 13.8. The maximum Gasteiger partial charge on any atom is 0.268 e. The van der Waals surface area contributed by atoms with E-state index in [2.05, 4.69) is 0 Å². The number of ketones is 1. The lowest BCUT2D eigenvalue weighted by Gasteiger charge is -2.13. The Balaban J connectivity index is 2.04. The normalized spacial score (nSPS) is 11.6. The van der Waals surface area contributed by atoms with Gasteiger partial charge < -0.3 is 9.53 Å². The molecule has 3 aromatic carbocycles. The molecule has 1 aromatic heterocycles. The molecule has 32 heavy (non-hydrogen) atoms. The summed E-state index contributed by atoms with van der Waals surface area (Å²) in [5, 5.41) is 0.826. The molecule has 0 bridgehead atoms. The minimum atomic E-state index is -3.88. The van der Waals surface area contributed by atoms with Gasteiger partial charge in [-0.1, -0.05) is 48.0 Å². The third-order valence-electron chi connectivity index (χ3n) is 5.58. The molecule has 1 heterocycles. The van der Waals surface area contributed by atoms with Crippen LogP contribution in [0.5, 0.6) is 5.75 Å². The van der Waals surface area contributed by atoms with E-state index in [1.54, 1.807) is 31.4 Å². The molecule has 0 N–H and O–H groups in total. The number of carbonyl (C=O) groups is 1. The fourth-order valence-corrected chi connectivity index (χ4v) is 5.54. The van der Waals surface area contributed by atoms with E-state index >= 15 is 0 Å². The highest BCUT2D eigenvalue weighted by molar-refractivity contribution is 7.90. The van der Waals surface area contributed by atoms with E-state index in [1.165, 1.54) is 10.9 Å². The Hall–Kier alpha value is -3.38. The SMILES string of the molecule is COc1ccc(-c2c(CCC(C)=O)n(S(=O)(=O)c3ccc(C)cc3)c3ccccc23)cc1. The van der Waals surface area contributed by atoms with Crippen molar-refractivity contribution >= 4 is 26.7 Å². The Labute approximate surface area is 188 Å². The predicted molar refractivity (Wildman–Crippen MR) is 127 cm³/mol. The molecule has 0 amide bonds. The number of aryl methyl sites for hydroxylation is 1. The van der Waals surface area contributed by atoms with Crippen molar-refractivity contribution < 1.29 is 17.9 Å². The van der Waals surface area contributed by atoms with Gasteiger partial charge in [0, 0.05) is 23.1 Å². The van der Waals surface area contributed by atoms with E-state index in [-0.39, 0.29) is 17.1 Å². The van der Waals surface area contributed by atoms with Crippen molar-refractivity contribution in [3.63, 3.8) is 0 Å². The highest BCUT2D eigenvalue weighted by atomic mass is 32.2. The van der Waals surface area contributed by atoms with Crippen LogP contribution >= 0.6 is 0 Å². The molecule has 0 atom stereocenters. The first-order valence-corrected chi connectivity index (χ1v) is 11.9. The Morgan fingerprint density at radius 3 is 2.22 bits per heavy atom. The Morgan fingerprint density at radius 1 is 0.938 bits per heavy atom. The molecule has 164 valence electrons. The van der Waals surface area contributed by atoms with Gasteiger partial charge in [-0.05, 0) is 56.2 Å². The number of Topliss-reactive ketones (excluding diaryl/α,β-unsaturated/α-hetero) is 1. The van der Waals surface area contributed by atoms with Crippen LogP contribution in [0.2, 0.25) is 0 Å². The Kier molecular flexibility index (Phi) is 5.89. The third-order valence-corrected chi connectivity index (χ3v) is 7.34. The first kappa shape index (κ1) is 21.8. The first-order valence-electron chi connectivity index (χ1n) is 10.4. The second-order valence-electron chi connectivity index (χ2n) is 7.85. The molecule has 4 aromatic rings. The van der Waals surface area contributed by atoms with Crippen LogP contribution in [0.25, 0.3) is 22.0 Å². The molecule has 0 aliphatic carbocycles. The average Bonchev–Trinajstić information content (AvgIpc) is 3.13. The number of carbonyl (C=O) groups excluding carboxylic acids is 1. The van der Waals surface area contributed by atoms with Crippen LogP contribution < -0.4 is 4.74 Å². The van der Waals surface area contributed by atoms with Crippen molar-refractivity contribution in [1.29, 1.82) is 0 Å². The molecule has 0 aliphatic heterocycles. The van der Waals surface area contributed by atoms with Crippen LogP contribution in [-0.2, 0) is 21.2 Å². The van der Waals surface area contributed by atoms with Crippen LogP contribution in [0, 0.1) is 6.92 Å². The zero-order valence-electron chi connectivity index (χ0n) is 18.3. The number of fused-ring (bicyclic) bond motifs is 1. The summed E-state index contributed by atoms with van der Waals surface area (Å²) in [4.78, 5) is 12.1. The van der Waals surface area contributed by atoms with Crippen molar-refractivity contribution in [3.05, 3.63) is 84.1 Å².